The molecule has 0 bridgehead atoms. The van der Waals surface area contributed by atoms with Crippen LogP contribution in [-0.2, 0) is 17.9 Å². The zero-order valence-electron chi connectivity index (χ0n) is 16.4. The lowest BCUT2D eigenvalue weighted by molar-refractivity contribution is 0.0469. The first-order chi connectivity index (χ1) is 14.0. The van der Waals surface area contributed by atoms with Gasteiger partial charge in [-0.05, 0) is 30.7 Å². The molecule has 0 aliphatic heterocycles. The van der Waals surface area contributed by atoms with Crippen molar-refractivity contribution in [3.8, 4) is 11.5 Å². The highest BCUT2D eigenvalue weighted by Crippen LogP contribution is 2.25. The summed E-state index contributed by atoms with van der Waals surface area (Å²) in [6.07, 6.45) is 1.98. The van der Waals surface area contributed by atoms with E-state index < -0.39 is 17.2 Å². The number of aromatic amines is 1. The number of benzene rings is 1. The molecule has 9 heteroatoms. The van der Waals surface area contributed by atoms with Gasteiger partial charge in [-0.3, -0.25) is 14.3 Å². The molecule has 0 fully saturated rings. The maximum atomic E-state index is 12.5. The second-order valence-corrected chi connectivity index (χ2v) is 6.26. The fourth-order valence-corrected chi connectivity index (χ4v) is 2.93. The Labute approximate surface area is 165 Å². The van der Waals surface area contributed by atoms with E-state index in [1.54, 1.807) is 18.2 Å². The monoisotopic (exact) mass is 399 g/mol. The van der Waals surface area contributed by atoms with Gasteiger partial charge in [-0.25, -0.2) is 14.6 Å². The maximum absolute atomic E-state index is 12.5. The molecule has 3 aromatic rings. The van der Waals surface area contributed by atoms with Gasteiger partial charge in [0.05, 0.1) is 25.2 Å². The van der Waals surface area contributed by atoms with Gasteiger partial charge in [0.2, 0.25) is 0 Å². The molecule has 0 unspecified atom stereocenters. The molecule has 0 aliphatic carbocycles. The fourth-order valence-electron chi connectivity index (χ4n) is 2.93. The molecule has 0 saturated carbocycles. The summed E-state index contributed by atoms with van der Waals surface area (Å²) >= 11 is 0. The SMILES string of the molecule is CCCn1c(=O)[nH]c(=O)c2cc(C(=O)OCc3cc(OC)ccc3OC)cnc21. The van der Waals surface area contributed by atoms with E-state index in [2.05, 4.69) is 9.97 Å². The number of methoxy groups -OCH3 is 2. The number of esters is 1. The molecule has 1 N–H and O–H groups in total. The Bertz CT molecular complexity index is 1170. The molecule has 9 nitrogen and oxygen atoms in total. The standard InChI is InChI=1S/C20H21N3O6/c1-4-7-23-17-15(18(24)22-20(23)26)9-12(10-21-17)19(25)29-11-13-8-14(27-2)5-6-16(13)28-3/h5-6,8-10H,4,7,11H2,1-3H3,(H,22,24,26). The van der Waals surface area contributed by atoms with E-state index in [1.807, 2.05) is 6.92 Å². The second kappa shape index (κ2) is 8.59. The lowest BCUT2D eigenvalue weighted by Crippen LogP contribution is -2.31. The van der Waals surface area contributed by atoms with Gasteiger partial charge in [0.25, 0.3) is 5.56 Å². The minimum absolute atomic E-state index is 0.0526. The van der Waals surface area contributed by atoms with Crippen molar-refractivity contribution in [1.82, 2.24) is 14.5 Å². The van der Waals surface area contributed by atoms with E-state index in [0.717, 1.165) is 0 Å². The average molecular weight is 399 g/mol. The Morgan fingerprint density at radius 3 is 2.66 bits per heavy atom. The molecule has 0 saturated heterocycles. The van der Waals surface area contributed by atoms with Crippen LogP contribution < -0.4 is 20.7 Å². The summed E-state index contributed by atoms with van der Waals surface area (Å²) in [5.41, 5.74) is -0.173. The minimum atomic E-state index is -0.656. The summed E-state index contributed by atoms with van der Waals surface area (Å²) in [5.74, 6) is 0.497. The first kappa shape index (κ1) is 20.1. The van der Waals surface area contributed by atoms with E-state index in [1.165, 1.54) is 31.0 Å². The Kier molecular flexibility index (Phi) is 5.96. The number of fused-ring (bicyclic) bond motifs is 1. The summed E-state index contributed by atoms with van der Waals surface area (Å²) in [4.78, 5) is 43.1. The number of carbonyl (C=O) groups excluding carboxylic acids is 1. The van der Waals surface area contributed by atoms with Crippen molar-refractivity contribution in [1.29, 1.82) is 0 Å². The number of rotatable bonds is 7. The van der Waals surface area contributed by atoms with Crippen LogP contribution in [0.2, 0.25) is 0 Å². The van der Waals surface area contributed by atoms with E-state index in [9.17, 15) is 14.4 Å². The zero-order valence-corrected chi connectivity index (χ0v) is 16.4. The van der Waals surface area contributed by atoms with Gasteiger partial charge in [0.15, 0.2) is 0 Å². The van der Waals surface area contributed by atoms with Crippen LogP contribution in [0.1, 0.15) is 29.3 Å². The van der Waals surface area contributed by atoms with Gasteiger partial charge in [-0.1, -0.05) is 6.92 Å². The molecular formula is C20H21N3O6. The molecule has 152 valence electrons. The molecule has 0 atom stereocenters. The van der Waals surface area contributed by atoms with Crippen molar-refractivity contribution < 1.29 is 19.0 Å². The molecule has 0 spiro atoms. The lowest BCUT2D eigenvalue weighted by Gasteiger charge is -2.11. The van der Waals surface area contributed by atoms with E-state index in [0.29, 0.717) is 30.0 Å². The van der Waals surface area contributed by atoms with Crippen molar-refractivity contribution in [2.45, 2.75) is 26.5 Å². The largest absolute Gasteiger partial charge is 0.497 e. The number of nitrogens with one attached hydrogen (secondary N) is 1. The predicted octanol–water partition coefficient (Wildman–Crippen LogP) is 1.87. The molecule has 0 radical (unpaired) electrons. The number of H-pyrrole nitrogens is 1. The third-order valence-corrected chi connectivity index (χ3v) is 4.36. The van der Waals surface area contributed by atoms with Crippen LogP contribution in [0.15, 0.2) is 40.1 Å². The quantitative estimate of drug-likeness (QED) is 0.604. The summed E-state index contributed by atoms with van der Waals surface area (Å²) in [7, 11) is 3.05. The van der Waals surface area contributed by atoms with Crippen molar-refractivity contribution in [2.75, 3.05) is 14.2 Å². The predicted molar refractivity (Wildman–Crippen MR) is 106 cm³/mol. The number of hydrogen-bond donors (Lipinski definition) is 1. The fraction of sp³-hybridized carbons (Fsp3) is 0.300. The summed E-state index contributed by atoms with van der Waals surface area (Å²) in [6.45, 7) is 2.25. The number of aryl methyl sites for hydroxylation is 1. The van der Waals surface area contributed by atoms with Gasteiger partial charge in [0, 0.05) is 18.3 Å². The Balaban J connectivity index is 1.89. The van der Waals surface area contributed by atoms with Crippen LogP contribution in [-0.4, -0.2) is 34.7 Å². The van der Waals surface area contributed by atoms with Gasteiger partial charge in [0.1, 0.15) is 23.8 Å². The van der Waals surface area contributed by atoms with Gasteiger partial charge in [-0.15, -0.1) is 0 Å². The number of aromatic nitrogens is 3. The highest BCUT2D eigenvalue weighted by atomic mass is 16.5. The normalized spacial score (nSPS) is 10.7. The first-order valence-corrected chi connectivity index (χ1v) is 8.99. The summed E-state index contributed by atoms with van der Waals surface area (Å²) < 4.78 is 17.2. The lowest BCUT2D eigenvalue weighted by atomic mass is 10.2. The molecule has 2 heterocycles. The van der Waals surface area contributed by atoms with Crippen LogP contribution >= 0.6 is 0 Å². The molecule has 0 aliphatic rings. The number of hydrogen-bond acceptors (Lipinski definition) is 7. The maximum Gasteiger partial charge on any atom is 0.340 e. The smallest absolute Gasteiger partial charge is 0.340 e. The topological polar surface area (TPSA) is 113 Å². The first-order valence-electron chi connectivity index (χ1n) is 8.99. The number of nitrogens with zero attached hydrogens (tertiary/aromatic N) is 2. The van der Waals surface area contributed by atoms with Crippen molar-refractivity contribution in [2.24, 2.45) is 0 Å². The van der Waals surface area contributed by atoms with E-state index >= 15 is 0 Å². The zero-order chi connectivity index (χ0) is 21.0. The highest BCUT2D eigenvalue weighted by Gasteiger charge is 2.15. The van der Waals surface area contributed by atoms with Gasteiger partial charge in [-0.2, -0.15) is 0 Å². The number of carbonyl (C=O) groups is 1. The molecule has 0 amide bonds. The number of pyridine rings is 1. The highest BCUT2D eigenvalue weighted by molar-refractivity contribution is 5.92. The molecule has 29 heavy (non-hydrogen) atoms. The Morgan fingerprint density at radius 1 is 1.17 bits per heavy atom. The number of ether oxygens (including phenoxy) is 3. The Morgan fingerprint density at radius 2 is 1.97 bits per heavy atom. The van der Waals surface area contributed by atoms with Gasteiger partial charge >= 0.3 is 11.7 Å². The molecule has 3 rings (SSSR count). The van der Waals surface area contributed by atoms with Crippen molar-refractivity contribution in [3.63, 3.8) is 0 Å². The minimum Gasteiger partial charge on any atom is -0.497 e. The second-order valence-electron chi connectivity index (χ2n) is 6.26. The van der Waals surface area contributed by atoms with E-state index in [-0.39, 0.29) is 23.2 Å². The molecular weight excluding hydrogens is 378 g/mol. The molecule has 1 aromatic carbocycles. The van der Waals surface area contributed by atoms with Crippen LogP contribution in [0.4, 0.5) is 0 Å². The summed E-state index contributed by atoms with van der Waals surface area (Å²) in [6, 6.07) is 6.53. The Hall–Kier alpha value is -3.62. The van der Waals surface area contributed by atoms with Crippen molar-refractivity contribution in [3.05, 3.63) is 62.4 Å². The van der Waals surface area contributed by atoms with Gasteiger partial charge < -0.3 is 14.2 Å². The third kappa shape index (κ3) is 4.13. The van der Waals surface area contributed by atoms with Crippen molar-refractivity contribution >= 4 is 17.0 Å². The van der Waals surface area contributed by atoms with Crippen LogP contribution in [0, 0.1) is 0 Å². The van der Waals surface area contributed by atoms with E-state index in [4.69, 9.17) is 14.2 Å². The van der Waals surface area contributed by atoms with Crippen LogP contribution in [0.3, 0.4) is 0 Å². The summed E-state index contributed by atoms with van der Waals surface area (Å²) in [5, 5.41) is 0.145. The molecule has 2 aromatic heterocycles. The average Bonchev–Trinajstić information content (AvgIpc) is 2.74. The third-order valence-electron chi connectivity index (χ3n) is 4.36. The van der Waals surface area contributed by atoms with Crippen LogP contribution in [0.25, 0.3) is 11.0 Å². The van der Waals surface area contributed by atoms with Crippen LogP contribution in [0.5, 0.6) is 11.5 Å².